The van der Waals surface area contributed by atoms with Crippen LogP contribution in [-0.2, 0) is 10.0 Å². The van der Waals surface area contributed by atoms with Crippen LogP contribution in [0, 0.1) is 6.92 Å². The second kappa shape index (κ2) is 5.09. The largest absolute Gasteiger partial charge is 0.222 e. The second-order valence-corrected chi connectivity index (χ2v) is 6.53. The standard InChI is InChI=1S/C10H14BrNO2S/c1-8-4-3-5-10(6-8)9(2)12-15(13,14)7-11/h3-6,9,12H,7H2,1-2H3/t9-/m1/s1. The van der Waals surface area contributed by atoms with E-state index in [1.165, 1.54) is 0 Å². The maximum atomic E-state index is 11.3. The molecular weight excluding hydrogens is 278 g/mol. The van der Waals surface area contributed by atoms with Gasteiger partial charge in [-0.3, -0.25) is 0 Å². The monoisotopic (exact) mass is 291 g/mol. The van der Waals surface area contributed by atoms with Gasteiger partial charge >= 0.3 is 0 Å². The lowest BCUT2D eigenvalue weighted by Gasteiger charge is -2.13. The molecule has 5 heteroatoms. The SMILES string of the molecule is Cc1cccc([C@@H](C)NS(=O)(=O)CBr)c1. The van der Waals surface area contributed by atoms with Crippen LogP contribution in [0.2, 0.25) is 0 Å². The predicted molar refractivity (Wildman–Crippen MR) is 65.4 cm³/mol. The second-order valence-electron chi connectivity index (χ2n) is 3.48. The molecule has 0 unspecified atom stereocenters. The first-order valence-corrected chi connectivity index (χ1v) is 7.34. The number of alkyl halides is 1. The molecule has 0 aromatic heterocycles. The van der Waals surface area contributed by atoms with Crippen LogP contribution in [-0.4, -0.2) is 13.1 Å². The summed E-state index contributed by atoms with van der Waals surface area (Å²) in [5.74, 6) is 0. The van der Waals surface area contributed by atoms with Gasteiger partial charge in [-0.15, -0.1) is 0 Å². The van der Waals surface area contributed by atoms with Crippen molar-refractivity contribution in [2.24, 2.45) is 0 Å². The van der Waals surface area contributed by atoms with E-state index >= 15 is 0 Å². The summed E-state index contributed by atoms with van der Waals surface area (Å²) in [6.07, 6.45) is 0. The molecule has 1 rings (SSSR count). The van der Waals surface area contributed by atoms with Gasteiger partial charge < -0.3 is 0 Å². The summed E-state index contributed by atoms with van der Waals surface area (Å²) in [5, 5.41) is 0. The van der Waals surface area contributed by atoms with Gasteiger partial charge in [0, 0.05) is 6.04 Å². The van der Waals surface area contributed by atoms with E-state index < -0.39 is 10.0 Å². The van der Waals surface area contributed by atoms with E-state index in [4.69, 9.17) is 0 Å². The van der Waals surface area contributed by atoms with E-state index in [2.05, 4.69) is 20.7 Å². The van der Waals surface area contributed by atoms with Gasteiger partial charge in [0.05, 0.1) is 0 Å². The zero-order valence-corrected chi connectivity index (χ0v) is 11.1. The molecule has 1 atom stereocenters. The molecule has 0 aliphatic rings. The highest BCUT2D eigenvalue weighted by Gasteiger charge is 2.13. The third kappa shape index (κ3) is 3.93. The number of hydrogen-bond donors (Lipinski definition) is 1. The van der Waals surface area contributed by atoms with Gasteiger partial charge in [-0.1, -0.05) is 45.8 Å². The molecule has 0 saturated carbocycles. The van der Waals surface area contributed by atoms with E-state index in [-0.39, 0.29) is 10.7 Å². The quantitative estimate of drug-likeness (QED) is 0.866. The smallest absolute Gasteiger partial charge is 0.212 e. The Balaban J connectivity index is 2.82. The van der Waals surface area contributed by atoms with Crippen LogP contribution >= 0.6 is 15.9 Å². The Morgan fingerprint density at radius 1 is 1.47 bits per heavy atom. The van der Waals surface area contributed by atoms with Crippen LogP contribution in [0.15, 0.2) is 24.3 Å². The number of nitrogens with one attached hydrogen (secondary N) is 1. The Hall–Kier alpha value is -0.390. The van der Waals surface area contributed by atoms with Gasteiger partial charge in [0.2, 0.25) is 10.0 Å². The molecule has 0 fully saturated rings. The number of rotatable bonds is 4. The van der Waals surface area contributed by atoms with Crippen LogP contribution in [0.5, 0.6) is 0 Å². The van der Waals surface area contributed by atoms with Gasteiger partial charge in [-0.25, -0.2) is 13.1 Å². The Morgan fingerprint density at radius 3 is 2.67 bits per heavy atom. The highest BCUT2D eigenvalue weighted by Crippen LogP contribution is 2.15. The van der Waals surface area contributed by atoms with Crippen molar-refractivity contribution in [1.82, 2.24) is 4.72 Å². The fraction of sp³-hybridized carbons (Fsp3) is 0.400. The van der Waals surface area contributed by atoms with E-state index in [0.717, 1.165) is 11.1 Å². The van der Waals surface area contributed by atoms with Gasteiger partial charge in [0.25, 0.3) is 0 Å². The van der Waals surface area contributed by atoms with Crippen LogP contribution in [0.1, 0.15) is 24.1 Å². The van der Waals surface area contributed by atoms with Crippen molar-refractivity contribution in [2.75, 3.05) is 4.66 Å². The predicted octanol–water partition coefficient (Wildman–Crippen LogP) is 2.33. The highest BCUT2D eigenvalue weighted by molar-refractivity contribution is 9.10. The Morgan fingerprint density at radius 2 is 2.13 bits per heavy atom. The van der Waals surface area contributed by atoms with E-state index in [1.807, 2.05) is 38.1 Å². The van der Waals surface area contributed by atoms with Crippen molar-refractivity contribution in [3.05, 3.63) is 35.4 Å². The normalized spacial score (nSPS) is 13.8. The average Bonchev–Trinajstić information content (AvgIpc) is 2.17. The van der Waals surface area contributed by atoms with Crippen LogP contribution < -0.4 is 4.72 Å². The molecule has 0 amide bonds. The van der Waals surface area contributed by atoms with Crippen molar-refractivity contribution in [3.8, 4) is 0 Å². The van der Waals surface area contributed by atoms with E-state index in [1.54, 1.807) is 0 Å². The summed E-state index contributed by atoms with van der Waals surface area (Å²) in [4.78, 5) is 0. The lowest BCUT2D eigenvalue weighted by atomic mass is 10.1. The fourth-order valence-corrected chi connectivity index (χ4v) is 2.44. The van der Waals surface area contributed by atoms with Gasteiger partial charge in [0.1, 0.15) is 4.66 Å². The lowest BCUT2D eigenvalue weighted by Crippen LogP contribution is -2.27. The maximum absolute atomic E-state index is 11.3. The molecule has 0 bridgehead atoms. The molecule has 15 heavy (non-hydrogen) atoms. The number of benzene rings is 1. The maximum Gasteiger partial charge on any atom is 0.222 e. The highest BCUT2D eigenvalue weighted by atomic mass is 79.9. The Kier molecular flexibility index (Phi) is 4.31. The summed E-state index contributed by atoms with van der Waals surface area (Å²) < 4.78 is 25.1. The zero-order chi connectivity index (χ0) is 11.5. The van der Waals surface area contributed by atoms with Crippen LogP contribution in [0.25, 0.3) is 0 Å². The summed E-state index contributed by atoms with van der Waals surface area (Å²) in [7, 11) is -3.21. The molecule has 0 radical (unpaired) electrons. The molecule has 84 valence electrons. The van der Waals surface area contributed by atoms with Crippen molar-refractivity contribution in [3.63, 3.8) is 0 Å². The minimum Gasteiger partial charge on any atom is -0.212 e. The lowest BCUT2D eigenvalue weighted by molar-refractivity contribution is 0.572. The first kappa shape index (κ1) is 12.7. The van der Waals surface area contributed by atoms with Crippen molar-refractivity contribution in [2.45, 2.75) is 19.9 Å². The molecule has 1 aromatic rings. The molecule has 0 saturated heterocycles. The molecule has 0 spiro atoms. The molecule has 0 heterocycles. The summed E-state index contributed by atoms with van der Waals surface area (Å²) in [6.45, 7) is 3.81. The van der Waals surface area contributed by atoms with E-state index in [0.29, 0.717) is 0 Å². The van der Waals surface area contributed by atoms with Crippen LogP contribution in [0.3, 0.4) is 0 Å². The number of aryl methyl sites for hydroxylation is 1. The summed E-state index contributed by atoms with van der Waals surface area (Å²) in [5.41, 5.74) is 2.09. The first-order chi connectivity index (χ1) is 6.94. The topological polar surface area (TPSA) is 46.2 Å². The number of hydrogen-bond acceptors (Lipinski definition) is 2. The molecule has 3 nitrogen and oxygen atoms in total. The molecule has 0 aliphatic carbocycles. The average molecular weight is 292 g/mol. The minimum atomic E-state index is -3.21. The minimum absolute atomic E-state index is 0.0733. The summed E-state index contributed by atoms with van der Waals surface area (Å²) in [6, 6.07) is 7.58. The number of halogens is 1. The zero-order valence-electron chi connectivity index (χ0n) is 8.70. The van der Waals surface area contributed by atoms with Gasteiger partial charge in [0.15, 0.2) is 0 Å². The molecule has 0 aliphatic heterocycles. The van der Waals surface area contributed by atoms with E-state index in [9.17, 15) is 8.42 Å². The van der Waals surface area contributed by atoms with Crippen molar-refractivity contribution < 1.29 is 8.42 Å². The third-order valence-electron chi connectivity index (χ3n) is 2.04. The summed E-state index contributed by atoms with van der Waals surface area (Å²) >= 11 is 2.94. The third-order valence-corrected chi connectivity index (χ3v) is 4.85. The molecule has 1 N–H and O–H groups in total. The fourth-order valence-electron chi connectivity index (χ4n) is 1.31. The van der Waals surface area contributed by atoms with Crippen molar-refractivity contribution in [1.29, 1.82) is 0 Å². The van der Waals surface area contributed by atoms with Crippen LogP contribution in [0.4, 0.5) is 0 Å². The Labute approximate surface area is 99.1 Å². The molecule has 1 aromatic carbocycles. The van der Waals surface area contributed by atoms with Crippen molar-refractivity contribution >= 4 is 26.0 Å². The van der Waals surface area contributed by atoms with Gasteiger partial charge in [-0.05, 0) is 19.4 Å². The molecular formula is C10H14BrNO2S. The Bertz CT molecular complexity index is 431. The first-order valence-electron chi connectivity index (χ1n) is 4.57. The number of sulfonamides is 1. The van der Waals surface area contributed by atoms with Gasteiger partial charge in [-0.2, -0.15) is 0 Å².